The van der Waals surface area contributed by atoms with E-state index >= 15 is 0 Å². The van der Waals surface area contributed by atoms with E-state index in [0.717, 1.165) is 11.3 Å². The van der Waals surface area contributed by atoms with Crippen molar-refractivity contribution in [3.63, 3.8) is 0 Å². The van der Waals surface area contributed by atoms with Gasteiger partial charge in [0.2, 0.25) is 0 Å². The topological polar surface area (TPSA) is 45.6 Å². The largest absolute Gasteiger partial charge is 0.494 e. The zero-order valence-corrected chi connectivity index (χ0v) is 6.90. The summed E-state index contributed by atoms with van der Waals surface area (Å²) in [5.41, 5.74) is 9.08. The molecule has 62 valence electrons. The molecule has 1 aromatic rings. The van der Waals surface area contributed by atoms with E-state index in [4.69, 9.17) is 10.3 Å². The van der Waals surface area contributed by atoms with Gasteiger partial charge in [0.15, 0.2) is 0 Å². The van der Waals surface area contributed by atoms with Crippen LogP contribution >= 0.6 is 0 Å². The SMILES string of the molecule is CCOc1ccc(C=[N+]=[N-])cc1. The predicted molar refractivity (Wildman–Crippen MR) is 46.4 cm³/mol. The van der Waals surface area contributed by atoms with Crippen LogP contribution in [-0.4, -0.2) is 17.6 Å². The molecule has 0 atom stereocenters. The first kappa shape index (κ1) is 8.50. The van der Waals surface area contributed by atoms with Crippen LogP contribution in [0, 0.1) is 0 Å². The maximum atomic E-state index is 8.23. The van der Waals surface area contributed by atoms with Gasteiger partial charge in [-0.15, -0.1) is 0 Å². The molecule has 12 heavy (non-hydrogen) atoms. The summed E-state index contributed by atoms with van der Waals surface area (Å²) in [6.07, 6.45) is 1.37. The summed E-state index contributed by atoms with van der Waals surface area (Å²) in [4.78, 5) is 2.92. The number of hydrogen-bond donors (Lipinski definition) is 0. The Morgan fingerprint density at radius 2 is 2.08 bits per heavy atom. The molecule has 0 saturated heterocycles. The van der Waals surface area contributed by atoms with Crippen LogP contribution in [0.3, 0.4) is 0 Å². The van der Waals surface area contributed by atoms with Gasteiger partial charge in [0.05, 0.1) is 12.2 Å². The van der Waals surface area contributed by atoms with Gasteiger partial charge >= 0.3 is 0 Å². The van der Waals surface area contributed by atoms with Crippen LogP contribution in [0.4, 0.5) is 0 Å². The van der Waals surface area contributed by atoms with E-state index in [1.54, 1.807) is 0 Å². The maximum absolute atomic E-state index is 8.23. The molecule has 0 aliphatic heterocycles. The minimum Gasteiger partial charge on any atom is -0.494 e. The van der Waals surface area contributed by atoms with Crippen molar-refractivity contribution in [3.05, 3.63) is 35.4 Å². The fourth-order valence-corrected chi connectivity index (χ4v) is 0.883. The predicted octanol–water partition coefficient (Wildman–Crippen LogP) is 1.73. The average molecular weight is 162 g/mol. The molecule has 0 aliphatic rings. The number of nitrogens with zero attached hydrogens (tertiary/aromatic N) is 2. The van der Waals surface area contributed by atoms with Crippen LogP contribution in [0.2, 0.25) is 0 Å². The van der Waals surface area contributed by atoms with Gasteiger partial charge in [-0.3, -0.25) is 0 Å². The molecular formula is C9H10N2O. The van der Waals surface area contributed by atoms with E-state index in [9.17, 15) is 0 Å². The van der Waals surface area contributed by atoms with Crippen molar-refractivity contribution in [3.8, 4) is 5.75 Å². The summed E-state index contributed by atoms with van der Waals surface area (Å²) in [5.74, 6) is 0.826. The zero-order valence-electron chi connectivity index (χ0n) is 6.90. The lowest BCUT2D eigenvalue weighted by Gasteiger charge is -2.00. The van der Waals surface area contributed by atoms with Gasteiger partial charge in [0.1, 0.15) is 5.75 Å². The quantitative estimate of drug-likeness (QED) is 0.379. The Labute approximate surface area is 71.2 Å². The number of benzene rings is 1. The molecule has 0 saturated carbocycles. The molecule has 0 aromatic heterocycles. The van der Waals surface area contributed by atoms with E-state index in [2.05, 4.69) is 4.79 Å². The number of hydrogen-bond acceptors (Lipinski definition) is 1. The Morgan fingerprint density at radius 3 is 2.58 bits per heavy atom. The molecular weight excluding hydrogens is 152 g/mol. The van der Waals surface area contributed by atoms with E-state index in [0.29, 0.717) is 6.61 Å². The third-order valence-corrected chi connectivity index (χ3v) is 1.40. The van der Waals surface area contributed by atoms with E-state index in [1.807, 2.05) is 31.2 Å². The fraction of sp³-hybridized carbons (Fsp3) is 0.222. The molecule has 0 spiro atoms. The highest BCUT2D eigenvalue weighted by atomic mass is 16.5. The maximum Gasteiger partial charge on any atom is 0.287 e. The molecule has 0 N–H and O–H groups in total. The second kappa shape index (κ2) is 4.31. The smallest absolute Gasteiger partial charge is 0.287 e. The number of ether oxygens (including phenoxy) is 1. The summed E-state index contributed by atoms with van der Waals surface area (Å²) in [5, 5.41) is 0. The average Bonchev–Trinajstić information content (AvgIpc) is 2.09. The van der Waals surface area contributed by atoms with Gasteiger partial charge in [-0.1, -0.05) is 0 Å². The van der Waals surface area contributed by atoms with Crippen molar-refractivity contribution < 1.29 is 9.53 Å². The lowest BCUT2D eigenvalue weighted by atomic mass is 10.2. The van der Waals surface area contributed by atoms with Crippen molar-refractivity contribution in [1.82, 2.24) is 0 Å². The third kappa shape index (κ3) is 2.22. The molecule has 0 amide bonds. The normalized spacial score (nSPS) is 8.75. The molecule has 3 nitrogen and oxygen atoms in total. The Kier molecular flexibility index (Phi) is 3.05. The Balaban J connectivity index is 2.77. The zero-order chi connectivity index (χ0) is 8.81. The van der Waals surface area contributed by atoms with Crippen molar-refractivity contribution in [2.45, 2.75) is 6.92 Å². The highest BCUT2D eigenvalue weighted by Crippen LogP contribution is 2.10. The van der Waals surface area contributed by atoms with Crippen molar-refractivity contribution in [2.24, 2.45) is 0 Å². The molecule has 1 aromatic carbocycles. The second-order valence-electron chi connectivity index (χ2n) is 2.25. The van der Waals surface area contributed by atoms with Crippen LogP contribution < -0.4 is 4.74 Å². The first-order valence-electron chi connectivity index (χ1n) is 3.77. The minimum absolute atomic E-state index is 0.660. The lowest BCUT2D eigenvalue weighted by Crippen LogP contribution is -1.91. The van der Waals surface area contributed by atoms with Crippen LogP contribution in [0.25, 0.3) is 5.53 Å². The van der Waals surface area contributed by atoms with Gasteiger partial charge in [-0.25, -0.2) is 0 Å². The van der Waals surface area contributed by atoms with Gasteiger partial charge in [-0.2, -0.15) is 4.79 Å². The van der Waals surface area contributed by atoms with Crippen molar-refractivity contribution >= 4 is 6.21 Å². The molecule has 0 fully saturated rings. The highest BCUT2D eigenvalue weighted by Gasteiger charge is 1.93. The monoisotopic (exact) mass is 162 g/mol. The third-order valence-electron chi connectivity index (χ3n) is 1.40. The van der Waals surface area contributed by atoms with Crippen LogP contribution in [0.15, 0.2) is 24.3 Å². The highest BCUT2D eigenvalue weighted by molar-refractivity contribution is 5.75. The van der Waals surface area contributed by atoms with E-state index in [-0.39, 0.29) is 0 Å². The Hall–Kier alpha value is -1.60. The first-order valence-corrected chi connectivity index (χ1v) is 3.77. The molecule has 3 heteroatoms. The molecule has 0 bridgehead atoms. The summed E-state index contributed by atoms with van der Waals surface area (Å²) in [6.45, 7) is 2.59. The van der Waals surface area contributed by atoms with Gasteiger partial charge in [0, 0.05) is 0 Å². The lowest BCUT2D eigenvalue weighted by molar-refractivity contribution is 0.00456. The van der Waals surface area contributed by atoms with E-state index in [1.165, 1.54) is 6.21 Å². The molecule has 0 unspecified atom stereocenters. The first-order chi connectivity index (χ1) is 5.86. The van der Waals surface area contributed by atoms with Crippen molar-refractivity contribution in [1.29, 1.82) is 0 Å². The summed E-state index contributed by atoms with van der Waals surface area (Å²) in [7, 11) is 0. The second-order valence-corrected chi connectivity index (χ2v) is 2.25. The number of rotatable bonds is 3. The van der Waals surface area contributed by atoms with Gasteiger partial charge in [-0.05, 0) is 31.2 Å². The Morgan fingerprint density at radius 1 is 1.42 bits per heavy atom. The van der Waals surface area contributed by atoms with Crippen LogP contribution in [0.5, 0.6) is 5.75 Å². The minimum atomic E-state index is 0.660. The Bertz CT molecular complexity index is 286. The fourth-order valence-electron chi connectivity index (χ4n) is 0.883. The van der Waals surface area contributed by atoms with Crippen LogP contribution in [0.1, 0.15) is 12.5 Å². The summed E-state index contributed by atoms with van der Waals surface area (Å²) in [6, 6.07) is 7.32. The summed E-state index contributed by atoms with van der Waals surface area (Å²) < 4.78 is 5.23. The summed E-state index contributed by atoms with van der Waals surface area (Å²) >= 11 is 0. The standard InChI is InChI=1S/C9H10N2O/c1-2-12-9-5-3-8(4-6-9)7-11-10/h3-7H,2H2,1H3. The van der Waals surface area contributed by atoms with Crippen molar-refractivity contribution in [2.75, 3.05) is 6.61 Å². The molecule has 0 heterocycles. The molecule has 1 rings (SSSR count). The van der Waals surface area contributed by atoms with Gasteiger partial charge in [0.25, 0.3) is 6.21 Å². The van der Waals surface area contributed by atoms with E-state index < -0.39 is 0 Å². The van der Waals surface area contributed by atoms with Crippen LogP contribution in [-0.2, 0) is 0 Å². The molecule has 0 radical (unpaired) electrons. The molecule has 0 aliphatic carbocycles. The van der Waals surface area contributed by atoms with Gasteiger partial charge < -0.3 is 10.3 Å².